The Morgan fingerprint density at radius 3 is 2.50 bits per heavy atom. The van der Waals surface area contributed by atoms with Gasteiger partial charge >= 0.3 is 6.09 Å². The second-order valence-electron chi connectivity index (χ2n) is 6.65. The molecule has 0 spiro atoms. The Hall–Kier alpha value is -0.953. The van der Waals surface area contributed by atoms with Crippen LogP contribution in [0.4, 0.5) is 4.79 Å². The molecule has 1 amide bonds. The molecular weight excluding hydrogens is 266 g/mol. The Morgan fingerprint density at radius 1 is 1.30 bits per heavy atom. The fourth-order valence-corrected chi connectivity index (χ4v) is 2.81. The van der Waals surface area contributed by atoms with E-state index in [9.17, 15) is 4.79 Å². The van der Waals surface area contributed by atoms with Crippen molar-refractivity contribution in [2.45, 2.75) is 58.7 Å². The lowest BCUT2D eigenvalue weighted by molar-refractivity contribution is 0.0871. The van der Waals surface area contributed by atoms with Gasteiger partial charge in [0.1, 0.15) is 8.07 Å². The van der Waals surface area contributed by atoms with Crippen LogP contribution < -0.4 is 0 Å². The predicted octanol–water partition coefficient (Wildman–Crippen LogP) is 3.91. The molecule has 0 bridgehead atoms. The van der Waals surface area contributed by atoms with Gasteiger partial charge in [-0.15, -0.1) is 11.5 Å². The number of carbonyl (C=O) groups excluding carboxylic acids is 1. The van der Waals surface area contributed by atoms with E-state index < -0.39 is 8.07 Å². The van der Waals surface area contributed by atoms with Gasteiger partial charge in [0.05, 0.1) is 6.61 Å². The number of hydrogen-bond acceptors (Lipinski definition) is 2. The first-order valence-corrected chi connectivity index (χ1v) is 11.3. The number of unbranched alkanes of at least 4 members (excludes halogenated alkanes) is 1. The minimum Gasteiger partial charge on any atom is -0.449 e. The molecule has 0 aromatic heterocycles. The van der Waals surface area contributed by atoms with Crippen molar-refractivity contribution in [2.75, 3.05) is 19.7 Å². The molecule has 0 N–H and O–H groups in total. The van der Waals surface area contributed by atoms with E-state index in [2.05, 4.69) is 38.0 Å². The summed E-state index contributed by atoms with van der Waals surface area (Å²) in [6.45, 7) is 11.1. The number of carbonyl (C=O) groups is 1. The highest BCUT2D eigenvalue weighted by Gasteiger charge is 2.23. The number of likely N-dealkylation sites (tertiary alicyclic amines) is 1. The smallest absolute Gasteiger partial charge is 0.409 e. The van der Waals surface area contributed by atoms with E-state index in [-0.39, 0.29) is 6.09 Å². The van der Waals surface area contributed by atoms with Gasteiger partial charge < -0.3 is 9.64 Å². The number of hydrogen-bond donors (Lipinski definition) is 0. The van der Waals surface area contributed by atoms with E-state index in [4.69, 9.17) is 4.74 Å². The zero-order valence-corrected chi connectivity index (χ0v) is 14.5. The average Bonchev–Trinajstić information content (AvgIpc) is 2.38. The van der Waals surface area contributed by atoms with Crippen molar-refractivity contribution in [2.24, 2.45) is 5.92 Å². The summed E-state index contributed by atoms with van der Waals surface area (Å²) in [4.78, 5) is 13.7. The molecule has 1 rings (SSSR count). The van der Waals surface area contributed by atoms with Gasteiger partial charge in [0.2, 0.25) is 0 Å². The van der Waals surface area contributed by atoms with Gasteiger partial charge in [-0.2, -0.15) is 0 Å². The molecular formula is C16H29NO2Si. The van der Waals surface area contributed by atoms with Crippen molar-refractivity contribution in [3.8, 4) is 11.5 Å². The molecule has 1 aliphatic heterocycles. The van der Waals surface area contributed by atoms with Gasteiger partial charge in [-0.1, -0.05) is 33.0 Å². The lowest BCUT2D eigenvalue weighted by Crippen LogP contribution is -2.38. The third-order valence-electron chi connectivity index (χ3n) is 3.45. The molecule has 1 heterocycles. The molecule has 0 aromatic carbocycles. The number of ether oxygens (including phenoxy) is 1. The SMILES string of the molecule is CCCCOC(=O)N1CCC(CC#C[Si](C)(C)C)CC1. The first kappa shape index (κ1) is 17.1. The van der Waals surface area contributed by atoms with Crippen LogP contribution in [0.5, 0.6) is 0 Å². The first-order valence-electron chi connectivity index (χ1n) is 7.84. The Bertz CT molecular complexity index is 357. The van der Waals surface area contributed by atoms with Gasteiger partial charge in [-0.3, -0.25) is 0 Å². The van der Waals surface area contributed by atoms with Crippen LogP contribution in [0.2, 0.25) is 19.6 Å². The fourth-order valence-electron chi connectivity index (χ4n) is 2.18. The number of rotatable bonds is 4. The maximum Gasteiger partial charge on any atom is 0.409 e. The summed E-state index contributed by atoms with van der Waals surface area (Å²) in [7, 11) is -1.24. The van der Waals surface area contributed by atoms with Gasteiger partial charge in [0, 0.05) is 19.5 Å². The largest absolute Gasteiger partial charge is 0.449 e. The van der Waals surface area contributed by atoms with Crippen LogP contribution in [0.3, 0.4) is 0 Å². The van der Waals surface area contributed by atoms with Crippen LogP contribution in [0.15, 0.2) is 0 Å². The summed E-state index contributed by atoms with van der Waals surface area (Å²) >= 11 is 0. The molecule has 0 atom stereocenters. The van der Waals surface area contributed by atoms with Gasteiger partial charge in [0.25, 0.3) is 0 Å². The maximum absolute atomic E-state index is 11.8. The number of nitrogens with zero attached hydrogens (tertiary/aromatic N) is 1. The monoisotopic (exact) mass is 295 g/mol. The Labute approximate surface area is 125 Å². The van der Waals surface area contributed by atoms with E-state index in [0.29, 0.717) is 12.5 Å². The average molecular weight is 295 g/mol. The standard InChI is InChI=1S/C16H29NO2Si/c1-5-6-13-19-16(18)17-11-9-15(10-12-17)8-7-14-20(2,3)4/h15H,5-6,8-13H2,1-4H3. The molecule has 0 aromatic rings. The third kappa shape index (κ3) is 7.00. The van der Waals surface area contributed by atoms with Crippen molar-refractivity contribution >= 4 is 14.2 Å². The molecule has 1 fully saturated rings. The molecule has 1 aliphatic rings. The second-order valence-corrected chi connectivity index (χ2v) is 11.4. The van der Waals surface area contributed by atoms with Crippen LogP contribution in [-0.2, 0) is 4.74 Å². The Morgan fingerprint density at radius 2 is 1.95 bits per heavy atom. The van der Waals surface area contributed by atoms with Crippen LogP contribution in [0.1, 0.15) is 39.0 Å². The summed E-state index contributed by atoms with van der Waals surface area (Å²) in [5, 5.41) is 0. The highest BCUT2D eigenvalue weighted by molar-refractivity contribution is 6.83. The van der Waals surface area contributed by atoms with Crippen LogP contribution >= 0.6 is 0 Å². The lowest BCUT2D eigenvalue weighted by Gasteiger charge is -2.30. The fraction of sp³-hybridized carbons (Fsp3) is 0.812. The number of piperidine rings is 1. The maximum atomic E-state index is 11.8. The minimum absolute atomic E-state index is 0.134. The van der Waals surface area contributed by atoms with E-state index in [0.717, 1.165) is 45.2 Å². The van der Waals surface area contributed by atoms with Gasteiger partial charge in [-0.05, 0) is 25.2 Å². The topological polar surface area (TPSA) is 29.5 Å². The van der Waals surface area contributed by atoms with Crippen LogP contribution in [-0.4, -0.2) is 38.8 Å². The highest BCUT2D eigenvalue weighted by Crippen LogP contribution is 2.20. The van der Waals surface area contributed by atoms with Crippen molar-refractivity contribution in [3.05, 3.63) is 0 Å². The summed E-state index contributed by atoms with van der Waals surface area (Å²) < 4.78 is 5.25. The van der Waals surface area contributed by atoms with Gasteiger partial charge in [-0.25, -0.2) is 4.79 Å². The van der Waals surface area contributed by atoms with Gasteiger partial charge in [0.15, 0.2) is 0 Å². The molecule has 4 heteroatoms. The molecule has 20 heavy (non-hydrogen) atoms. The Kier molecular flexibility index (Phi) is 7.15. The van der Waals surface area contributed by atoms with Crippen molar-refractivity contribution in [1.82, 2.24) is 4.90 Å². The van der Waals surface area contributed by atoms with Crippen LogP contribution in [0, 0.1) is 17.4 Å². The van der Waals surface area contributed by atoms with Crippen molar-refractivity contribution in [3.63, 3.8) is 0 Å². The Balaban J connectivity index is 2.25. The molecule has 0 unspecified atom stereocenters. The summed E-state index contributed by atoms with van der Waals surface area (Å²) in [5.41, 5.74) is 3.42. The van der Waals surface area contributed by atoms with Crippen LogP contribution in [0.25, 0.3) is 0 Å². The summed E-state index contributed by atoms with van der Waals surface area (Å²) in [6.07, 6.45) is 4.99. The molecule has 3 nitrogen and oxygen atoms in total. The summed E-state index contributed by atoms with van der Waals surface area (Å²) in [5.74, 6) is 4.01. The van der Waals surface area contributed by atoms with E-state index in [1.807, 2.05) is 4.90 Å². The zero-order chi connectivity index (χ0) is 15.0. The number of amides is 1. The molecule has 1 saturated heterocycles. The molecule has 114 valence electrons. The molecule has 0 saturated carbocycles. The van der Waals surface area contributed by atoms with Crippen molar-refractivity contribution < 1.29 is 9.53 Å². The molecule has 0 aliphatic carbocycles. The normalized spacial score (nSPS) is 16.5. The molecule has 0 radical (unpaired) electrons. The minimum atomic E-state index is -1.24. The first-order chi connectivity index (χ1) is 9.42. The van der Waals surface area contributed by atoms with Crippen molar-refractivity contribution in [1.29, 1.82) is 0 Å². The highest BCUT2D eigenvalue weighted by atomic mass is 28.3. The zero-order valence-electron chi connectivity index (χ0n) is 13.5. The summed E-state index contributed by atoms with van der Waals surface area (Å²) in [6, 6.07) is 0. The quantitative estimate of drug-likeness (QED) is 0.447. The van der Waals surface area contributed by atoms with E-state index in [1.165, 1.54) is 0 Å². The van der Waals surface area contributed by atoms with E-state index >= 15 is 0 Å². The van der Waals surface area contributed by atoms with E-state index in [1.54, 1.807) is 0 Å². The second kappa shape index (κ2) is 8.36. The third-order valence-corrected chi connectivity index (χ3v) is 4.38. The predicted molar refractivity (Wildman–Crippen MR) is 86.3 cm³/mol. The lowest BCUT2D eigenvalue weighted by atomic mass is 9.94.